The smallest absolute Gasteiger partial charge is 0.128 e. The lowest BCUT2D eigenvalue weighted by atomic mass is 10.1. The molecule has 0 aliphatic carbocycles. The third-order valence-corrected chi connectivity index (χ3v) is 2.58. The molecule has 1 aliphatic heterocycles. The second-order valence-corrected chi connectivity index (χ2v) is 4.09. The van der Waals surface area contributed by atoms with Crippen LogP contribution in [0.5, 0.6) is 5.75 Å². The number of hydrogen-bond acceptors (Lipinski definition) is 2. The van der Waals surface area contributed by atoms with E-state index in [9.17, 15) is 0 Å². The summed E-state index contributed by atoms with van der Waals surface area (Å²) in [5.74, 6) is 0.947. The van der Waals surface area contributed by atoms with E-state index in [0.717, 1.165) is 23.4 Å². The van der Waals surface area contributed by atoms with E-state index in [-0.39, 0.29) is 0 Å². The lowest BCUT2D eigenvalue weighted by molar-refractivity contribution is 0.388. The van der Waals surface area contributed by atoms with Gasteiger partial charge in [0.2, 0.25) is 0 Å². The Hall–Kier alpha value is -1.41. The molecule has 0 fully saturated rings. The molecule has 2 rings (SSSR count). The average molecular weight is 292 g/mol. The van der Waals surface area contributed by atoms with Gasteiger partial charge in [0.1, 0.15) is 12.4 Å². The van der Waals surface area contributed by atoms with Crippen molar-refractivity contribution in [3.63, 3.8) is 0 Å². The van der Waals surface area contributed by atoms with E-state index in [4.69, 9.17) is 4.74 Å². The number of rotatable bonds is 3. The molecule has 1 heterocycles. The van der Waals surface area contributed by atoms with Crippen LogP contribution < -0.4 is 9.46 Å². The van der Waals surface area contributed by atoms with Gasteiger partial charge in [-0.25, -0.2) is 0 Å². The molecule has 0 spiro atoms. The van der Waals surface area contributed by atoms with Crippen LogP contribution in [0.25, 0.3) is 5.57 Å². The summed E-state index contributed by atoms with van der Waals surface area (Å²) in [6, 6.07) is 7.99. The molecule has 110 valence electrons. The van der Waals surface area contributed by atoms with Crippen molar-refractivity contribution in [3.8, 4) is 5.75 Å². The van der Waals surface area contributed by atoms with E-state index in [1.54, 1.807) is 12.2 Å². The number of nitrogens with one attached hydrogen (secondary N) is 1. The van der Waals surface area contributed by atoms with E-state index >= 15 is 0 Å². The minimum Gasteiger partial charge on any atom is -0.488 e. The highest BCUT2D eigenvalue weighted by atomic mass is 32.1. The van der Waals surface area contributed by atoms with Gasteiger partial charge in [-0.1, -0.05) is 51.6 Å². The van der Waals surface area contributed by atoms with Crippen LogP contribution in [-0.4, -0.2) is 13.2 Å². The first-order valence-electron chi connectivity index (χ1n) is 7.01. The summed E-state index contributed by atoms with van der Waals surface area (Å²) in [6.45, 7) is 11.4. The Bertz CT molecular complexity index is 446. The third-order valence-electron chi connectivity index (χ3n) is 2.33. The number of benzene rings is 1. The molecular formula is C17H26NOS+. The van der Waals surface area contributed by atoms with E-state index in [2.05, 4.69) is 36.8 Å². The van der Waals surface area contributed by atoms with Crippen LogP contribution in [0.3, 0.4) is 0 Å². The van der Waals surface area contributed by atoms with E-state index in [0.29, 0.717) is 6.61 Å². The number of ether oxygens (including phenoxy) is 1. The maximum Gasteiger partial charge on any atom is 0.128 e. The summed E-state index contributed by atoms with van der Waals surface area (Å²) in [6.07, 6.45) is 4.71. The summed E-state index contributed by atoms with van der Waals surface area (Å²) in [7, 11) is 0. The molecule has 0 saturated carbocycles. The van der Waals surface area contributed by atoms with Crippen molar-refractivity contribution in [1.82, 2.24) is 4.72 Å². The Balaban J connectivity index is 0.000000441. The summed E-state index contributed by atoms with van der Waals surface area (Å²) < 4.78 is 8.28. The SMILES string of the molecule is C=CC=C=C1COc2ccccc21.CC.CCCN[SH2+]. The summed E-state index contributed by atoms with van der Waals surface area (Å²) in [4.78, 5) is 0. The van der Waals surface area contributed by atoms with Gasteiger partial charge < -0.3 is 4.74 Å². The van der Waals surface area contributed by atoms with Gasteiger partial charge in [-0.2, -0.15) is 0 Å². The minimum atomic E-state index is 0.615. The van der Waals surface area contributed by atoms with Crippen LogP contribution in [0, 0.1) is 0 Å². The minimum absolute atomic E-state index is 0.615. The second kappa shape index (κ2) is 12.6. The van der Waals surface area contributed by atoms with Crippen LogP contribution in [0.4, 0.5) is 0 Å². The van der Waals surface area contributed by atoms with Gasteiger partial charge in [-0.3, -0.25) is 0 Å². The Morgan fingerprint density at radius 2 is 2.10 bits per heavy atom. The van der Waals surface area contributed by atoms with Crippen LogP contribution in [0.1, 0.15) is 32.8 Å². The van der Waals surface area contributed by atoms with Gasteiger partial charge in [-0.15, -0.1) is 10.5 Å². The molecule has 3 heteroatoms. The quantitative estimate of drug-likeness (QED) is 0.520. The molecule has 1 aliphatic rings. The van der Waals surface area contributed by atoms with Gasteiger partial charge in [0.15, 0.2) is 0 Å². The molecule has 0 unspecified atom stereocenters. The normalized spacial score (nSPS) is 10.7. The lowest BCUT2D eigenvalue weighted by Gasteiger charge is -1.93. The van der Waals surface area contributed by atoms with E-state index < -0.39 is 0 Å². The molecule has 0 amide bonds. The van der Waals surface area contributed by atoms with Crippen molar-refractivity contribution in [1.29, 1.82) is 0 Å². The fraction of sp³-hybridized carbons (Fsp3) is 0.353. The standard InChI is InChI=1S/C12H10O.C3H9NS.C2H6/c1-2-3-6-10-9-13-12-8-5-4-7-11(10)12;1-2-3-4-5;1-2/h2-5,7-8H,1,9H2;4-5H,2-3H2,1H3;1-2H3/p+1. The van der Waals surface area contributed by atoms with Gasteiger partial charge in [0.25, 0.3) is 0 Å². The van der Waals surface area contributed by atoms with Crippen LogP contribution in [0.15, 0.2) is 48.7 Å². The Morgan fingerprint density at radius 3 is 2.65 bits per heavy atom. The fourth-order valence-corrected chi connectivity index (χ4v) is 1.72. The number of para-hydroxylation sites is 1. The van der Waals surface area contributed by atoms with Crippen LogP contribution in [0.2, 0.25) is 0 Å². The molecule has 2 nitrogen and oxygen atoms in total. The molecule has 0 atom stereocenters. The Kier molecular flexibility index (Phi) is 11.7. The fourth-order valence-electron chi connectivity index (χ4n) is 1.47. The molecular weight excluding hydrogens is 266 g/mol. The zero-order valence-corrected chi connectivity index (χ0v) is 13.7. The van der Waals surface area contributed by atoms with Gasteiger partial charge in [-0.05, 0) is 18.6 Å². The molecule has 1 aromatic rings. The number of fused-ring (bicyclic) bond motifs is 1. The first kappa shape index (κ1) is 18.6. The Labute approximate surface area is 128 Å². The highest BCUT2D eigenvalue weighted by Gasteiger charge is 2.15. The van der Waals surface area contributed by atoms with Crippen molar-refractivity contribution in [2.24, 2.45) is 0 Å². The highest BCUT2D eigenvalue weighted by Crippen LogP contribution is 2.31. The monoisotopic (exact) mass is 292 g/mol. The Morgan fingerprint density at radius 1 is 1.40 bits per heavy atom. The zero-order valence-electron chi connectivity index (χ0n) is 12.7. The van der Waals surface area contributed by atoms with Crippen molar-refractivity contribution >= 4 is 18.4 Å². The van der Waals surface area contributed by atoms with Gasteiger partial charge in [0.05, 0.1) is 0 Å². The lowest BCUT2D eigenvalue weighted by Crippen LogP contribution is -2.02. The van der Waals surface area contributed by atoms with Gasteiger partial charge >= 0.3 is 0 Å². The molecule has 1 aromatic carbocycles. The van der Waals surface area contributed by atoms with Crippen molar-refractivity contribution in [2.45, 2.75) is 27.2 Å². The van der Waals surface area contributed by atoms with Crippen LogP contribution >= 0.6 is 0 Å². The molecule has 0 aromatic heterocycles. The predicted octanol–water partition coefficient (Wildman–Crippen LogP) is 3.74. The molecule has 0 radical (unpaired) electrons. The van der Waals surface area contributed by atoms with E-state index in [1.807, 2.05) is 38.1 Å². The predicted molar refractivity (Wildman–Crippen MR) is 93.4 cm³/mol. The van der Waals surface area contributed by atoms with Gasteiger partial charge in [0, 0.05) is 30.5 Å². The zero-order chi connectivity index (χ0) is 15.2. The first-order chi connectivity index (χ1) is 9.83. The maximum atomic E-state index is 5.45. The third kappa shape index (κ3) is 6.67. The maximum absolute atomic E-state index is 5.45. The second-order valence-electron chi connectivity index (χ2n) is 3.74. The average Bonchev–Trinajstić information content (AvgIpc) is 2.92. The van der Waals surface area contributed by atoms with Crippen molar-refractivity contribution in [2.75, 3.05) is 13.2 Å². The number of allylic oxidation sites excluding steroid dienone is 1. The highest BCUT2D eigenvalue weighted by molar-refractivity contribution is 7.56. The summed E-state index contributed by atoms with van der Waals surface area (Å²) in [5, 5.41) is 0. The molecule has 0 bridgehead atoms. The van der Waals surface area contributed by atoms with E-state index in [1.165, 1.54) is 6.42 Å². The largest absolute Gasteiger partial charge is 0.488 e. The van der Waals surface area contributed by atoms with Crippen molar-refractivity contribution < 1.29 is 4.74 Å². The summed E-state index contributed by atoms with van der Waals surface area (Å²) >= 11 is 3.10. The molecule has 1 N–H and O–H groups in total. The number of hydrogen-bond donors (Lipinski definition) is 1. The van der Waals surface area contributed by atoms with Crippen LogP contribution in [-0.2, 0) is 12.8 Å². The molecule has 0 saturated heterocycles. The van der Waals surface area contributed by atoms with Crippen molar-refractivity contribution in [3.05, 3.63) is 54.3 Å². The first-order valence-corrected chi connectivity index (χ1v) is 7.51. The molecule has 20 heavy (non-hydrogen) atoms. The summed E-state index contributed by atoms with van der Waals surface area (Å²) in [5.41, 5.74) is 5.37. The topological polar surface area (TPSA) is 21.3 Å².